The van der Waals surface area contributed by atoms with E-state index in [1.165, 1.54) is 0 Å². The standard InChI is InChI=1S/C49H77N17O6.ClH/c1-6-25-70-27-29-72-30-28-71-26-16-53-47-54-48(63-21-17-61(18-22-63)45(68)43(10-8-9-15-50)65-33-41(57-59-65)39(51)31-35(3)4)56-49(55-47)64-23-19-62(20-24-64)46(69)44(36(5)7-2)66-34-42(58-60-66)40(52)32-37-11-13-38(67)14-12-37;/h1,11-14,33-36,39-40,43-44,67H,7-10,15-32,50-52H2,2-5H3,(H,53,54,55,56);1H/t36-,39-,40-,43-,44-;/m0./s1. The zero-order valence-corrected chi connectivity index (χ0v) is 43.8. The lowest BCUT2D eigenvalue weighted by molar-refractivity contribution is -0.137. The molecule has 23 nitrogen and oxygen atoms in total. The average Bonchev–Trinajstić information content (AvgIpc) is 4.09. The van der Waals surface area contributed by atoms with Gasteiger partial charge in [0.2, 0.25) is 29.7 Å². The number of ether oxygens (including phenoxy) is 3. The van der Waals surface area contributed by atoms with Crippen LogP contribution >= 0.6 is 12.4 Å². The van der Waals surface area contributed by atoms with Crippen LogP contribution in [0.1, 0.15) is 101 Å². The molecule has 24 heteroatoms. The molecule has 1 aromatic carbocycles. The number of nitrogens with one attached hydrogen (secondary N) is 1. The van der Waals surface area contributed by atoms with E-state index in [0.717, 1.165) is 31.2 Å². The van der Waals surface area contributed by atoms with E-state index in [-0.39, 0.29) is 48.5 Å². The first-order valence-corrected chi connectivity index (χ1v) is 25.5. The van der Waals surface area contributed by atoms with Crippen molar-refractivity contribution in [3.8, 4) is 18.1 Å². The molecule has 4 aromatic rings. The molecule has 0 aliphatic carbocycles. The third-order valence-electron chi connectivity index (χ3n) is 13.0. The maximum absolute atomic E-state index is 14.4. The van der Waals surface area contributed by atoms with Crippen LogP contribution in [-0.4, -0.2) is 177 Å². The SMILES string of the molecule is C#CCOCCOCCOCCNc1nc(N2CCN(C(=O)[C@H]([C@@H](C)CC)n3cc([C@@H](N)Cc4ccc(O)cc4)nn3)CC2)nc(N2CCN(C(=O)[C@H](CCCCN)n3cc([C@@H](N)CC(C)C)nn3)CC2)n1.Cl. The first kappa shape index (κ1) is 58.2. The number of carbonyl (C=O) groups excluding carboxylic acids is 2. The molecular formula is C49H78ClN17O6. The summed E-state index contributed by atoms with van der Waals surface area (Å²) in [5, 5.41) is 30.6. The van der Waals surface area contributed by atoms with E-state index in [1.54, 1.807) is 27.7 Å². The quantitative estimate of drug-likeness (QED) is 0.0386. The molecule has 5 atom stereocenters. The lowest BCUT2D eigenvalue weighted by Gasteiger charge is -2.38. The topological polar surface area (TPSA) is 285 Å². The minimum Gasteiger partial charge on any atom is -0.508 e. The summed E-state index contributed by atoms with van der Waals surface area (Å²) in [6, 6.07) is 5.10. The Morgan fingerprint density at radius 2 is 1.33 bits per heavy atom. The highest BCUT2D eigenvalue weighted by Crippen LogP contribution is 2.28. The van der Waals surface area contributed by atoms with Crippen LogP contribution in [0.4, 0.5) is 17.8 Å². The van der Waals surface area contributed by atoms with Gasteiger partial charge in [-0.1, -0.05) is 62.6 Å². The number of aromatic nitrogens is 9. The monoisotopic (exact) mass is 1040 g/mol. The Labute approximate surface area is 435 Å². The number of hydrogen-bond acceptors (Lipinski definition) is 19. The molecule has 5 heterocycles. The first-order chi connectivity index (χ1) is 34.9. The van der Waals surface area contributed by atoms with Crippen LogP contribution < -0.4 is 32.3 Å². The fraction of sp³-hybridized carbons (Fsp3) is 0.653. The van der Waals surface area contributed by atoms with E-state index in [2.05, 4.69) is 62.4 Å². The zero-order chi connectivity index (χ0) is 51.4. The van der Waals surface area contributed by atoms with Crippen LogP contribution in [0.25, 0.3) is 0 Å². The molecule has 6 rings (SSSR count). The number of aromatic hydroxyl groups is 1. The molecule has 3 aromatic heterocycles. The Hall–Kier alpha value is -5.74. The van der Waals surface area contributed by atoms with Crippen LogP contribution in [-0.2, 0) is 30.2 Å². The summed E-state index contributed by atoms with van der Waals surface area (Å²) >= 11 is 0. The fourth-order valence-electron chi connectivity index (χ4n) is 8.69. The largest absolute Gasteiger partial charge is 0.508 e. The number of amides is 2. The average molecular weight is 1040 g/mol. The summed E-state index contributed by atoms with van der Waals surface area (Å²) in [6.07, 6.45) is 13.0. The molecule has 0 radical (unpaired) electrons. The molecule has 2 aliphatic heterocycles. The van der Waals surface area contributed by atoms with Gasteiger partial charge in [0, 0.05) is 58.9 Å². The predicted molar refractivity (Wildman–Crippen MR) is 280 cm³/mol. The summed E-state index contributed by atoms with van der Waals surface area (Å²) in [6.45, 7) is 15.3. The number of rotatable bonds is 29. The summed E-state index contributed by atoms with van der Waals surface area (Å²) in [7, 11) is 0. The van der Waals surface area contributed by atoms with Crippen molar-refractivity contribution in [2.75, 3.05) is 120 Å². The van der Waals surface area contributed by atoms with Crippen molar-refractivity contribution >= 4 is 42.1 Å². The van der Waals surface area contributed by atoms with Crippen LogP contribution in [0.2, 0.25) is 0 Å². The Morgan fingerprint density at radius 3 is 1.92 bits per heavy atom. The van der Waals surface area contributed by atoms with Crippen molar-refractivity contribution < 1.29 is 28.9 Å². The number of phenolic OH excluding ortho intramolecular Hbond substituents is 1. The van der Waals surface area contributed by atoms with Gasteiger partial charge in [-0.15, -0.1) is 29.0 Å². The number of benzene rings is 1. The highest BCUT2D eigenvalue weighted by Gasteiger charge is 2.35. The Kier molecular flexibility index (Phi) is 23.8. The van der Waals surface area contributed by atoms with Gasteiger partial charge in [-0.2, -0.15) is 15.0 Å². The number of nitrogens with zero attached hydrogens (tertiary/aromatic N) is 13. The number of halogens is 1. The van der Waals surface area contributed by atoms with Gasteiger partial charge in [0.25, 0.3) is 0 Å². The van der Waals surface area contributed by atoms with Crippen LogP contribution in [0.15, 0.2) is 36.7 Å². The summed E-state index contributed by atoms with van der Waals surface area (Å²) in [5.41, 5.74) is 21.1. The van der Waals surface area contributed by atoms with Gasteiger partial charge < -0.3 is 61.4 Å². The number of nitrogens with two attached hydrogens (primary N) is 3. The number of hydrogen-bond donors (Lipinski definition) is 5. The number of terminal acetylenes is 1. The van der Waals surface area contributed by atoms with Crippen molar-refractivity contribution in [1.82, 2.24) is 54.7 Å². The van der Waals surface area contributed by atoms with Crippen LogP contribution in [0.3, 0.4) is 0 Å². The molecule has 0 unspecified atom stereocenters. The molecule has 402 valence electrons. The number of piperazine rings is 2. The van der Waals surface area contributed by atoms with E-state index < -0.39 is 18.1 Å². The van der Waals surface area contributed by atoms with E-state index in [4.69, 9.17) is 52.8 Å². The fourth-order valence-corrected chi connectivity index (χ4v) is 8.69. The molecule has 8 N–H and O–H groups in total. The normalized spacial score (nSPS) is 16.2. The smallest absolute Gasteiger partial charge is 0.247 e. The van der Waals surface area contributed by atoms with Gasteiger partial charge in [-0.25, -0.2) is 9.36 Å². The van der Waals surface area contributed by atoms with E-state index in [1.807, 2.05) is 35.1 Å². The molecule has 0 spiro atoms. The minimum atomic E-state index is -0.571. The molecule has 0 bridgehead atoms. The number of anilines is 3. The molecule has 2 aliphatic rings. The second-order valence-electron chi connectivity index (χ2n) is 18.9. The Balaban J connectivity index is 0.00000988. The molecule has 0 saturated carbocycles. The molecule has 2 saturated heterocycles. The summed E-state index contributed by atoms with van der Waals surface area (Å²) < 4.78 is 19.9. The number of unbranched alkanes of at least 4 members (excludes halogenated alkanes) is 1. The van der Waals surface area contributed by atoms with Crippen molar-refractivity contribution in [2.45, 2.75) is 90.4 Å². The van der Waals surface area contributed by atoms with Gasteiger partial charge in [0.15, 0.2) is 0 Å². The third-order valence-corrected chi connectivity index (χ3v) is 13.0. The van der Waals surface area contributed by atoms with Gasteiger partial charge in [-0.3, -0.25) is 9.59 Å². The van der Waals surface area contributed by atoms with Gasteiger partial charge in [0.1, 0.15) is 24.4 Å². The van der Waals surface area contributed by atoms with Crippen molar-refractivity contribution in [2.24, 2.45) is 29.0 Å². The van der Waals surface area contributed by atoms with Crippen LogP contribution in [0.5, 0.6) is 5.75 Å². The van der Waals surface area contributed by atoms with Crippen molar-refractivity contribution in [3.63, 3.8) is 0 Å². The second-order valence-corrected chi connectivity index (χ2v) is 18.9. The highest BCUT2D eigenvalue weighted by atomic mass is 35.5. The van der Waals surface area contributed by atoms with E-state index in [0.29, 0.717) is 146 Å². The van der Waals surface area contributed by atoms with Crippen molar-refractivity contribution in [3.05, 3.63) is 53.6 Å². The van der Waals surface area contributed by atoms with Gasteiger partial charge >= 0.3 is 0 Å². The first-order valence-electron chi connectivity index (χ1n) is 25.5. The third kappa shape index (κ3) is 17.2. The Bertz CT molecular complexity index is 2300. The maximum Gasteiger partial charge on any atom is 0.247 e. The Morgan fingerprint density at radius 1 is 0.767 bits per heavy atom. The molecule has 2 fully saturated rings. The van der Waals surface area contributed by atoms with E-state index in [9.17, 15) is 14.7 Å². The highest BCUT2D eigenvalue weighted by molar-refractivity contribution is 5.85. The molecule has 2 amide bonds. The predicted octanol–water partition coefficient (Wildman–Crippen LogP) is 2.52. The van der Waals surface area contributed by atoms with Gasteiger partial charge in [0.05, 0.1) is 68.9 Å². The lowest BCUT2D eigenvalue weighted by atomic mass is 9.97. The second kappa shape index (κ2) is 29.8. The summed E-state index contributed by atoms with van der Waals surface area (Å²) in [4.78, 5) is 51.3. The lowest BCUT2D eigenvalue weighted by Crippen LogP contribution is -2.52. The molecular weight excluding hydrogens is 958 g/mol. The number of carbonyl (C=O) groups is 2. The van der Waals surface area contributed by atoms with Gasteiger partial charge in [-0.05, 0) is 68.2 Å². The zero-order valence-electron chi connectivity index (χ0n) is 43.0. The minimum absolute atomic E-state index is 0. The van der Waals surface area contributed by atoms with Crippen molar-refractivity contribution in [1.29, 1.82) is 0 Å². The summed E-state index contributed by atoms with van der Waals surface area (Å²) in [5.74, 6) is 4.26. The molecule has 73 heavy (non-hydrogen) atoms. The van der Waals surface area contributed by atoms with E-state index >= 15 is 0 Å². The maximum atomic E-state index is 14.4. The number of phenols is 1. The van der Waals surface area contributed by atoms with Crippen LogP contribution in [0, 0.1) is 24.2 Å².